The molecule has 0 aromatic carbocycles. The van der Waals surface area contributed by atoms with Crippen molar-refractivity contribution < 1.29 is 24.2 Å². The van der Waals surface area contributed by atoms with Crippen molar-refractivity contribution in [2.45, 2.75) is 52.2 Å². The molecule has 0 spiro atoms. The van der Waals surface area contributed by atoms with E-state index in [-0.39, 0.29) is 23.6 Å². The predicted molar refractivity (Wildman–Crippen MR) is 93.6 cm³/mol. The molecule has 0 aliphatic heterocycles. The van der Waals surface area contributed by atoms with Crippen LogP contribution in [0.5, 0.6) is 5.88 Å². The number of hydrogen-bond donors (Lipinski definition) is 1. The van der Waals surface area contributed by atoms with Gasteiger partial charge in [-0.1, -0.05) is 0 Å². The van der Waals surface area contributed by atoms with Gasteiger partial charge in [0.25, 0.3) is 0 Å². The van der Waals surface area contributed by atoms with E-state index < -0.39 is 11.7 Å². The van der Waals surface area contributed by atoms with Crippen LogP contribution in [0.25, 0.3) is 16.6 Å². The number of hydrogen-bond acceptors (Lipinski definition) is 7. The van der Waals surface area contributed by atoms with Crippen molar-refractivity contribution in [1.82, 2.24) is 14.5 Å². The van der Waals surface area contributed by atoms with Crippen LogP contribution >= 0.6 is 0 Å². The number of nitrogens with zero attached hydrogens (tertiary/aromatic N) is 3. The number of ether oxygens (including phenoxy) is 2. The lowest BCUT2D eigenvalue weighted by atomic mass is 10.2. The Bertz CT molecular complexity index is 907. The van der Waals surface area contributed by atoms with Gasteiger partial charge in [0.15, 0.2) is 11.5 Å². The first-order chi connectivity index (χ1) is 12.1. The Kier molecular flexibility index (Phi) is 4.43. The molecule has 1 aliphatic carbocycles. The normalized spacial score (nSPS) is 17.2. The van der Waals surface area contributed by atoms with E-state index in [4.69, 9.17) is 9.47 Å². The van der Waals surface area contributed by atoms with E-state index in [2.05, 4.69) is 9.97 Å². The van der Waals surface area contributed by atoms with Crippen molar-refractivity contribution in [3.05, 3.63) is 24.2 Å². The minimum Gasteiger partial charge on any atom is -0.493 e. The molecule has 1 N–H and O–H groups in total. The standard InChI is InChI=1S/C18H21N3O5/c1-10(22)25-12-6-5-11(9-12)14-19-15-13(16(23)20-14)7-8-21(15)17(24)26-18(2,3)4/h7-9,12H,5-6H2,1-4H3,(H,19,20,23). The van der Waals surface area contributed by atoms with Gasteiger partial charge in [0.2, 0.25) is 5.88 Å². The Balaban J connectivity index is 1.98. The maximum atomic E-state index is 12.4. The summed E-state index contributed by atoms with van der Waals surface area (Å²) in [5.74, 6) is -0.275. The van der Waals surface area contributed by atoms with Gasteiger partial charge in [0.05, 0.1) is 5.39 Å². The molecule has 0 fully saturated rings. The fraction of sp³-hybridized carbons (Fsp3) is 0.444. The number of aromatic hydroxyl groups is 1. The van der Waals surface area contributed by atoms with E-state index in [1.807, 2.05) is 0 Å². The molecule has 0 saturated heterocycles. The number of aromatic nitrogens is 3. The van der Waals surface area contributed by atoms with Gasteiger partial charge in [-0.05, 0) is 51.3 Å². The second-order valence-corrected chi connectivity index (χ2v) is 7.15. The van der Waals surface area contributed by atoms with Crippen LogP contribution in [0, 0.1) is 0 Å². The quantitative estimate of drug-likeness (QED) is 0.822. The van der Waals surface area contributed by atoms with Gasteiger partial charge < -0.3 is 14.6 Å². The molecule has 0 saturated carbocycles. The molecule has 1 aliphatic rings. The second-order valence-electron chi connectivity index (χ2n) is 7.15. The molecule has 0 amide bonds. The van der Waals surface area contributed by atoms with Crippen LogP contribution in [0.1, 0.15) is 46.4 Å². The monoisotopic (exact) mass is 359 g/mol. The third kappa shape index (κ3) is 3.68. The summed E-state index contributed by atoms with van der Waals surface area (Å²) in [6, 6.07) is 1.56. The molecule has 138 valence electrons. The molecule has 0 radical (unpaired) electrons. The third-order valence-electron chi connectivity index (χ3n) is 3.80. The molecule has 8 heteroatoms. The van der Waals surface area contributed by atoms with Crippen LogP contribution in [0.2, 0.25) is 0 Å². The summed E-state index contributed by atoms with van der Waals surface area (Å²) in [6.45, 7) is 6.67. The summed E-state index contributed by atoms with van der Waals surface area (Å²) in [4.78, 5) is 32.0. The van der Waals surface area contributed by atoms with Gasteiger partial charge >= 0.3 is 12.1 Å². The van der Waals surface area contributed by atoms with Crippen molar-refractivity contribution in [2.75, 3.05) is 0 Å². The van der Waals surface area contributed by atoms with E-state index in [0.717, 1.165) is 5.57 Å². The molecule has 2 aromatic rings. The number of allylic oxidation sites excluding steroid dienone is 1. The van der Waals surface area contributed by atoms with Gasteiger partial charge in [0, 0.05) is 13.1 Å². The van der Waals surface area contributed by atoms with Crippen LogP contribution in [0.15, 0.2) is 18.3 Å². The highest BCUT2D eigenvalue weighted by molar-refractivity contribution is 5.90. The Morgan fingerprint density at radius 2 is 2.04 bits per heavy atom. The molecular formula is C18H21N3O5. The second kappa shape index (κ2) is 6.44. The molecular weight excluding hydrogens is 338 g/mol. The van der Waals surface area contributed by atoms with Gasteiger partial charge in [-0.15, -0.1) is 0 Å². The average molecular weight is 359 g/mol. The van der Waals surface area contributed by atoms with Gasteiger partial charge in [-0.25, -0.2) is 14.3 Å². The zero-order valence-corrected chi connectivity index (χ0v) is 15.1. The summed E-state index contributed by atoms with van der Waals surface area (Å²) < 4.78 is 11.8. The van der Waals surface area contributed by atoms with Crippen LogP contribution in [0.4, 0.5) is 4.79 Å². The lowest BCUT2D eigenvalue weighted by molar-refractivity contribution is -0.144. The SMILES string of the molecule is CC(=O)OC1C=C(c2nc(O)c3ccn(C(=O)OC(C)(C)C)c3n2)CC1. The van der Waals surface area contributed by atoms with E-state index in [0.29, 0.717) is 24.1 Å². The lowest BCUT2D eigenvalue weighted by Crippen LogP contribution is -2.27. The summed E-state index contributed by atoms with van der Waals surface area (Å²) in [6.07, 6.45) is 3.57. The predicted octanol–water partition coefficient (Wildman–Crippen LogP) is 3.03. The minimum atomic E-state index is -0.656. The van der Waals surface area contributed by atoms with Crippen molar-refractivity contribution >= 4 is 28.7 Å². The Morgan fingerprint density at radius 3 is 2.69 bits per heavy atom. The number of carbonyl (C=O) groups is 2. The highest BCUT2D eigenvalue weighted by Gasteiger charge is 2.24. The van der Waals surface area contributed by atoms with E-state index in [1.54, 1.807) is 32.9 Å². The molecule has 3 rings (SSSR count). The maximum Gasteiger partial charge on any atom is 0.420 e. The molecule has 1 unspecified atom stereocenters. The highest BCUT2D eigenvalue weighted by atomic mass is 16.6. The topological polar surface area (TPSA) is 104 Å². The fourth-order valence-corrected chi connectivity index (χ4v) is 2.78. The highest BCUT2D eigenvalue weighted by Crippen LogP contribution is 2.31. The summed E-state index contributed by atoms with van der Waals surface area (Å²) >= 11 is 0. The molecule has 26 heavy (non-hydrogen) atoms. The summed E-state index contributed by atoms with van der Waals surface area (Å²) in [5.41, 5.74) is 0.362. The van der Waals surface area contributed by atoms with Gasteiger partial charge in [-0.3, -0.25) is 4.79 Å². The first-order valence-electron chi connectivity index (χ1n) is 8.34. The Labute approximate surface area is 150 Å². The number of rotatable bonds is 2. The molecule has 2 aromatic heterocycles. The lowest BCUT2D eigenvalue weighted by Gasteiger charge is -2.19. The minimum absolute atomic E-state index is 0.218. The molecule has 2 heterocycles. The first-order valence-corrected chi connectivity index (χ1v) is 8.34. The van der Waals surface area contributed by atoms with E-state index in [9.17, 15) is 14.7 Å². The third-order valence-corrected chi connectivity index (χ3v) is 3.80. The molecule has 8 nitrogen and oxygen atoms in total. The summed E-state index contributed by atoms with van der Waals surface area (Å²) in [7, 11) is 0. The Hall–Kier alpha value is -2.90. The van der Waals surface area contributed by atoms with Crippen molar-refractivity contribution in [3.63, 3.8) is 0 Å². The largest absolute Gasteiger partial charge is 0.493 e. The average Bonchev–Trinajstić information content (AvgIpc) is 3.11. The zero-order valence-electron chi connectivity index (χ0n) is 15.1. The van der Waals surface area contributed by atoms with Crippen LogP contribution in [-0.4, -0.2) is 43.4 Å². The van der Waals surface area contributed by atoms with E-state index >= 15 is 0 Å². The van der Waals surface area contributed by atoms with Crippen molar-refractivity contribution in [2.24, 2.45) is 0 Å². The number of fused-ring (bicyclic) bond motifs is 1. The van der Waals surface area contributed by atoms with Gasteiger partial charge in [0.1, 0.15) is 11.7 Å². The molecule has 1 atom stereocenters. The van der Waals surface area contributed by atoms with Crippen LogP contribution in [-0.2, 0) is 14.3 Å². The van der Waals surface area contributed by atoms with Crippen LogP contribution < -0.4 is 0 Å². The number of esters is 1. The maximum absolute atomic E-state index is 12.4. The summed E-state index contributed by atoms with van der Waals surface area (Å²) in [5, 5.41) is 10.6. The fourth-order valence-electron chi connectivity index (χ4n) is 2.78. The van der Waals surface area contributed by atoms with Crippen LogP contribution in [0.3, 0.4) is 0 Å². The van der Waals surface area contributed by atoms with Gasteiger partial charge in [-0.2, -0.15) is 4.98 Å². The van der Waals surface area contributed by atoms with Crippen molar-refractivity contribution in [1.29, 1.82) is 0 Å². The Morgan fingerprint density at radius 1 is 1.31 bits per heavy atom. The van der Waals surface area contributed by atoms with Crippen molar-refractivity contribution in [3.8, 4) is 5.88 Å². The van der Waals surface area contributed by atoms with E-state index in [1.165, 1.54) is 17.7 Å². The molecule has 0 bridgehead atoms. The smallest absolute Gasteiger partial charge is 0.420 e. The number of carbonyl (C=O) groups excluding carboxylic acids is 2. The zero-order chi connectivity index (χ0) is 19.1. The first kappa shape index (κ1) is 17.9.